The van der Waals surface area contributed by atoms with Crippen LogP contribution in [0, 0.1) is 16.7 Å². The molecule has 0 amide bonds. The van der Waals surface area contributed by atoms with Crippen molar-refractivity contribution < 1.29 is 4.79 Å². The molecule has 2 aliphatic heterocycles. The molecule has 5 heteroatoms. The second kappa shape index (κ2) is 5.03. The molecular weight excluding hydrogens is 312 g/mol. The molecule has 1 fully saturated rings. The highest BCUT2D eigenvalue weighted by molar-refractivity contribution is 5.99. The maximum absolute atomic E-state index is 12.7. The lowest BCUT2D eigenvalue weighted by Crippen LogP contribution is -2.69. The number of aromatic nitrogens is 2. The molecule has 0 radical (unpaired) electrons. The van der Waals surface area contributed by atoms with E-state index < -0.39 is 5.92 Å². The second-order valence-electron chi connectivity index (χ2n) is 8.21. The van der Waals surface area contributed by atoms with Gasteiger partial charge in [0.05, 0.1) is 17.1 Å². The molecule has 1 saturated heterocycles. The van der Waals surface area contributed by atoms with E-state index in [0.29, 0.717) is 12.4 Å². The molecule has 1 aromatic carbocycles. The number of likely N-dealkylation sites (tertiary alicyclic amines) is 1. The SMILES string of the molecule is CC1(C)CN(CC2=CC(=O)n3c(nc4ccccc43)[C@@H]2C#N)C1(C)C. The van der Waals surface area contributed by atoms with Crippen molar-refractivity contribution in [3.8, 4) is 6.07 Å². The van der Waals surface area contributed by atoms with Crippen molar-refractivity contribution in [2.45, 2.75) is 39.2 Å². The predicted molar refractivity (Wildman–Crippen MR) is 96.2 cm³/mol. The van der Waals surface area contributed by atoms with Crippen LogP contribution in [0.3, 0.4) is 0 Å². The highest BCUT2D eigenvalue weighted by Gasteiger charge is 2.52. The Kier molecular flexibility index (Phi) is 3.23. The number of nitrogens with zero attached hydrogens (tertiary/aromatic N) is 4. The van der Waals surface area contributed by atoms with Gasteiger partial charge in [-0.05, 0) is 37.0 Å². The topological polar surface area (TPSA) is 61.9 Å². The van der Waals surface area contributed by atoms with Gasteiger partial charge in [0.2, 0.25) is 0 Å². The molecule has 2 aromatic rings. The number of allylic oxidation sites excluding steroid dienone is 1. The molecule has 25 heavy (non-hydrogen) atoms. The number of hydrogen-bond donors (Lipinski definition) is 0. The number of para-hydroxylation sites is 2. The van der Waals surface area contributed by atoms with Crippen LogP contribution < -0.4 is 0 Å². The molecule has 0 saturated carbocycles. The number of carbonyl (C=O) groups excluding carboxylic acids is 1. The fourth-order valence-electron chi connectivity index (χ4n) is 3.90. The summed E-state index contributed by atoms with van der Waals surface area (Å²) in [6, 6.07) is 9.89. The Morgan fingerprint density at radius 3 is 2.64 bits per heavy atom. The number of fused-ring (bicyclic) bond motifs is 3. The minimum absolute atomic E-state index is 0.0362. The van der Waals surface area contributed by atoms with Crippen molar-refractivity contribution >= 4 is 16.9 Å². The summed E-state index contributed by atoms with van der Waals surface area (Å²) in [5, 5.41) is 9.78. The van der Waals surface area contributed by atoms with Crippen molar-refractivity contribution in [1.29, 1.82) is 5.26 Å². The zero-order valence-electron chi connectivity index (χ0n) is 15.1. The summed E-state index contributed by atoms with van der Waals surface area (Å²) in [5.74, 6) is -0.0452. The largest absolute Gasteiger partial charge is 0.293 e. The summed E-state index contributed by atoms with van der Waals surface area (Å²) in [5.41, 5.74) is 2.63. The maximum Gasteiger partial charge on any atom is 0.256 e. The number of benzene rings is 1. The molecule has 128 valence electrons. The van der Waals surface area contributed by atoms with Gasteiger partial charge in [-0.2, -0.15) is 5.26 Å². The summed E-state index contributed by atoms with van der Waals surface area (Å²) >= 11 is 0. The number of imidazole rings is 1. The van der Waals surface area contributed by atoms with E-state index in [4.69, 9.17) is 0 Å². The standard InChI is InChI=1S/C20H22N4O/c1-19(2)12-23(20(19,3)4)11-13-9-17(25)24-16-8-6-5-7-15(16)22-18(24)14(13)10-21/h5-9,14H,11-12H2,1-4H3/t14-/m1/s1. The molecule has 1 atom stereocenters. The van der Waals surface area contributed by atoms with Crippen LogP contribution >= 0.6 is 0 Å². The minimum atomic E-state index is -0.482. The summed E-state index contributed by atoms with van der Waals surface area (Å²) < 4.78 is 1.58. The first-order valence-electron chi connectivity index (χ1n) is 8.63. The van der Waals surface area contributed by atoms with Gasteiger partial charge in [-0.15, -0.1) is 0 Å². The minimum Gasteiger partial charge on any atom is -0.293 e. The molecule has 0 unspecified atom stereocenters. The first kappa shape index (κ1) is 16.0. The Morgan fingerprint density at radius 1 is 1.28 bits per heavy atom. The first-order valence-corrected chi connectivity index (χ1v) is 8.63. The van der Waals surface area contributed by atoms with E-state index in [1.807, 2.05) is 24.3 Å². The van der Waals surface area contributed by atoms with Gasteiger partial charge < -0.3 is 0 Å². The van der Waals surface area contributed by atoms with E-state index in [-0.39, 0.29) is 16.9 Å². The lowest BCUT2D eigenvalue weighted by Gasteiger charge is -2.62. The Morgan fingerprint density at radius 2 is 2.00 bits per heavy atom. The summed E-state index contributed by atoms with van der Waals surface area (Å²) in [6.07, 6.45) is 1.64. The van der Waals surface area contributed by atoms with Crippen molar-refractivity contribution in [3.63, 3.8) is 0 Å². The average molecular weight is 334 g/mol. The normalized spacial score (nSPS) is 24.4. The van der Waals surface area contributed by atoms with Crippen LogP contribution in [0.2, 0.25) is 0 Å². The van der Waals surface area contributed by atoms with Crippen LogP contribution in [-0.2, 0) is 0 Å². The van der Waals surface area contributed by atoms with E-state index in [2.05, 4.69) is 43.6 Å². The first-order chi connectivity index (χ1) is 11.8. The van der Waals surface area contributed by atoms with E-state index in [9.17, 15) is 10.1 Å². The average Bonchev–Trinajstić information content (AvgIpc) is 2.94. The summed E-state index contributed by atoms with van der Waals surface area (Å²) in [7, 11) is 0. The molecule has 0 spiro atoms. The van der Waals surface area contributed by atoms with Crippen molar-refractivity contribution in [2.75, 3.05) is 13.1 Å². The lowest BCUT2D eigenvalue weighted by molar-refractivity contribution is -0.110. The highest BCUT2D eigenvalue weighted by atomic mass is 16.2. The van der Waals surface area contributed by atoms with Crippen LogP contribution in [0.4, 0.5) is 0 Å². The Balaban J connectivity index is 1.72. The van der Waals surface area contributed by atoms with E-state index >= 15 is 0 Å². The zero-order chi connectivity index (χ0) is 18.0. The number of rotatable bonds is 2. The molecule has 5 nitrogen and oxygen atoms in total. The van der Waals surface area contributed by atoms with E-state index in [0.717, 1.165) is 23.2 Å². The monoisotopic (exact) mass is 334 g/mol. The molecule has 2 aliphatic rings. The Labute approximate surface area is 147 Å². The van der Waals surface area contributed by atoms with Crippen LogP contribution in [0.25, 0.3) is 11.0 Å². The summed E-state index contributed by atoms with van der Waals surface area (Å²) in [6.45, 7) is 10.5. The lowest BCUT2D eigenvalue weighted by atomic mass is 9.65. The van der Waals surface area contributed by atoms with Gasteiger partial charge in [0.25, 0.3) is 5.91 Å². The fourth-order valence-corrected chi connectivity index (χ4v) is 3.90. The van der Waals surface area contributed by atoms with E-state index in [1.54, 1.807) is 10.6 Å². The smallest absolute Gasteiger partial charge is 0.256 e. The number of nitriles is 1. The van der Waals surface area contributed by atoms with Gasteiger partial charge in [-0.1, -0.05) is 26.0 Å². The molecular formula is C20H22N4O. The van der Waals surface area contributed by atoms with Crippen molar-refractivity contribution in [2.24, 2.45) is 5.41 Å². The van der Waals surface area contributed by atoms with Gasteiger partial charge in [0.1, 0.15) is 11.7 Å². The van der Waals surface area contributed by atoms with Crippen LogP contribution in [0.5, 0.6) is 0 Å². The third-order valence-electron chi connectivity index (χ3n) is 6.28. The van der Waals surface area contributed by atoms with Gasteiger partial charge in [0, 0.05) is 24.7 Å². The second-order valence-corrected chi connectivity index (χ2v) is 8.21. The zero-order valence-corrected chi connectivity index (χ0v) is 15.1. The fraction of sp³-hybridized carbons (Fsp3) is 0.450. The molecule has 4 rings (SSSR count). The Bertz CT molecular complexity index is 958. The van der Waals surface area contributed by atoms with Crippen molar-refractivity contribution in [1.82, 2.24) is 14.5 Å². The maximum atomic E-state index is 12.7. The van der Waals surface area contributed by atoms with Crippen LogP contribution in [-0.4, -0.2) is 39.0 Å². The molecule has 1 aromatic heterocycles. The number of carbonyl (C=O) groups is 1. The molecule has 0 N–H and O–H groups in total. The van der Waals surface area contributed by atoms with E-state index in [1.165, 1.54) is 0 Å². The molecule has 3 heterocycles. The van der Waals surface area contributed by atoms with Gasteiger partial charge >= 0.3 is 0 Å². The van der Waals surface area contributed by atoms with Gasteiger partial charge in [0.15, 0.2) is 0 Å². The highest BCUT2D eigenvalue weighted by Crippen LogP contribution is 2.47. The van der Waals surface area contributed by atoms with Gasteiger partial charge in [-0.3, -0.25) is 14.3 Å². The van der Waals surface area contributed by atoms with Crippen molar-refractivity contribution in [3.05, 3.63) is 41.7 Å². The predicted octanol–water partition coefficient (Wildman–Crippen LogP) is 3.34. The third-order valence-corrected chi connectivity index (χ3v) is 6.28. The molecule has 0 aliphatic carbocycles. The van der Waals surface area contributed by atoms with Gasteiger partial charge in [-0.25, -0.2) is 4.98 Å². The third kappa shape index (κ3) is 2.11. The number of hydrogen-bond acceptors (Lipinski definition) is 4. The quantitative estimate of drug-likeness (QED) is 0.845. The summed E-state index contributed by atoms with van der Waals surface area (Å²) in [4.78, 5) is 19.7. The Hall–Kier alpha value is -2.45. The molecule has 0 bridgehead atoms. The van der Waals surface area contributed by atoms with Crippen LogP contribution in [0.1, 0.15) is 44.2 Å². The van der Waals surface area contributed by atoms with Crippen LogP contribution in [0.15, 0.2) is 35.9 Å².